The summed E-state index contributed by atoms with van der Waals surface area (Å²) in [6, 6.07) is 3.76. The number of benzene rings is 1. The summed E-state index contributed by atoms with van der Waals surface area (Å²) in [5.41, 5.74) is 13.3. The van der Waals surface area contributed by atoms with Crippen LogP contribution in [0.25, 0.3) is 0 Å². The molecular weight excluding hydrogens is 272 g/mol. The molecule has 114 valence electrons. The van der Waals surface area contributed by atoms with Gasteiger partial charge in [0.2, 0.25) is 5.75 Å². The van der Waals surface area contributed by atoms with Crippen molar-refractivity contribution in [3.05, 3.63) is 29.5 Å². The molecule has 7 heteroatoms. The van der Waals surface area contributed by atoms with E-state index in [1.165, 1.54) is 0 Å². The fourth-order valence-corrected chi connectivity index (χ4v) is 2.13. The molecule has 1 heterocycles. The summed E-state index contributed by atoms with van der Waals surface area (Å²) in [5.74, 6) is 2.19. The van der Waals surface area contributed by atoms with Gasteiger partial charge in [0, 0.05) is 18.2 Å². The van der Waals surface area contributed by atoms with Crippen LogP contribution < -0.4 is 31.0 Å². The highest BCUT2D eigenvalue weighted by atomic mass is 16.5. The molecule has 0 saturated heterocycles. The first-order valence-electron chi connectivity index (χ1n) is 6.42. The van der Waals surface area contributed by atoms with E-state index < -0.39 is 6.29 Å². The number of aliphatic imine (C=N–C) groups is 1. The summed E-state index contributed by atoms with van der Waals surface area (Å²) in [7, 11) is 4.73. The molecule has 0 saturated carbocycles. The first kappa shape index (κ1) is 15.0. The second-order valence-corrected chi connectivity index (χ2v) is 4.51. The van der Waals surface area contributed by atoms with E-state index in [1.807, 2.05) is 12.1 Å². The van der Waals surface area contributed by atoms with Gasteiger partial charge in [0.05, 0.1) is 21.3 Å². The van der Waals surface area contributed by atoms with Gasteiger partial charge in [-0.1, -0.05) is 0 Å². The number of nitrogens with one attached hydrogen (secondary N) is 1. The Morgan fingerprint density at radius 3 is 2.24 bits per heavy atom. The second-order valence-electron chi connectivity index (χ2n) is 4.51. The Bertz CT molecular complexity index is 559. The van der Waals surface area contributed by atoms with Crippen molar-refractivity contribution >= 4 is 5.84 Å². The van der Waals surface area contributed by atoms with Crippen molar-refractivity contribution < 1.29 is 14.2 Å². The molecule has 0 aliphatic carbocycles. The van der Waals surface area contributed by atoms with Gasteiger partial charge in [0.25, 0.3) is 0 Å². The molecule has 0 aromatic heterocycles. The van der Waals surface area contributed by atoms with Crippen LogP contribution >= 0.6 is 0 Å². The van der Waals surface area contributed by atoms with Crippen LogP contribution in [0, 0.1) is 0 Å². The van der Waals surface area contributed by atoms with Gasteiger partial charge in [-0.05, 0) is 17.7 Å². The second kappa shape index (κ2) is 6.36. The van der Waals surface area contributed by atoms with Crippen molar-refractivity contribution in [2.24, 2.45) is 16.5 Å². The van der Waals surface area contributed by atoms with Crippen molar-refractivity contribution in [2.75, 3.05) is 21.3 Å². The van der Waals surface area contributed by atoms with Gasteiger partial charge in [0.1, 0.15) is 5.84 Å². The van der Waals surface area contributed by atoms with Crippen LogP contribution in [-0.2, 0) is 6.42 Å². The number of amidine groups is 1. The summed E-state index contributed by atoms with van der Waals surface area (Å²) in [6.45, 7) is 0. The van der Waals surface area contributed by atoms with Crippen LogP contribution in [0.5, 0.6) is 17.2 Å². The molecular formula is C14H20N4O3. The summed E-state index contributed by atoms with van der Waals surface area (Å²) in [4.78, 5) is 4.08. The Labute approximate surface area is 123 Å². The monoisotopic (exact) mass is 292 g/mol. The molecule has 21 heavy (non-hydrogen) atoms. The van der Waals surface area contributed by atoms with Crippen LogP contribution in [0.3, 0.4) is 0 Å². The zero-order valence-electron chi connectivity index (χ0n) is 12.3. The van der Waals surface area contributed by atoms with E-state index in [0.29, 0.717) is 29.5 Å². The van der Waals surface area contributed by atoms with Crippen LogP contribution in [-0.4, -0.2) is 33.5 Å². The molecule has 1 unspecified atom stereocenters. The molecule has 0 radical (unpaired) electrons. The Hall–Kier alpha value is -2.41. The van der Waals surface area contributed by atoms with Crippen LogP contribution in [0.4, 0.5) is 0 Å². The van der Waals surface area contributed by atoms with Crippen LogP contribution in [0.2, 0.25) is 0 Å². The molecule has 1 atom stereocenters. The fourth-order valence-electron chi connectivity index (χ4n) is 2.13. The predicted octanol–water partition coefficient (Wildman–Crippen LogP) is 0.342. The molecule has 2 rings (SSSR count). The number of nitrogens with zero attached hydrogens (tertiary/aromatic N) is 1. The number of rotatable bonds is 5. The first-order chi connectivity index (χ1) is 10.1. The third-order valence-electron chi connectivity index (χ3n) is 3.15. The summed E-state index contributed by atoms with van der Waals surface area (Å²) in [5, 5.41) is 2.92. The van der Waals surface area contributed by atoms with Gasteiger partial charge in [0.15, 0.2) is 17.8 Å². The third-order valence-corrected chi connectivity index (χ3v) is 3.15. The fraction of sp³-hybridized carbons (Fsp3) is 0.357. The molecule has 0 bridgehead atoms. The zero-order chi connectivity index (χ0) is 15.4. The quantitative estimate of drug-likeness (QED) is 0.723. The molecule has 1 aromatic rings. The molecule has 0 fully saturated rings. The Morgan fingerprint density at radius 1 is 1.14 bits per heavy atom. The van der Waals surface area contributed by atoms with Crippen molar-refractivity contribution in [1.29, 1.82) is 0 Å². The lowest BCUT2D eigenvalue weighted by Crippen LogP contribution is -2.39. The largest absolute Gasteiger partial charge is 0.493 e. The smallest absolute Gasteiger partial charge is 0.203 e. The average Bonchev–Trinajstić information content (AvgIpc) is 2.49. The van der Waals surface area contributed by atoms with E-state index in [-0.39, 0.29) is 0 Å². The Balaban J connectivity index is 2.31. The lowest BCUT2D eigenvalue weighted by Gasteiger charge is -2.19. The van der Waals surface area contributed by atoms with Crippen LogP contribution in [0.15, 0.2) is 28.9 Å². The Kier molecular flexibility index (Phi) is 4.54. The topological polar surface area (TPSA) is 104 Å². The van der Waals surface area contributed by atoms with Crippen molar-refractivity contribution in [3.8, 4) is 17.2 Å². The van der Waals surface area contributed by atoms with E-state index in [0.717, 1.165) is 11.1 Å². The van der Waals surface area contributed by atoms with Crippen molar-refractivity contribution in [1.82, 2.24) is 5.32 Å². The van der Waals surface area contributed by atoms with E-state index in [2.05, 4.69) is 10.3 Å². The SMILES string of the molecule is COc1cc(CC2=CNC(N)N=C2N)cc(OC)c1OC. The average molecular weight is 292 g/mol. The molecule has 1 aromatic carbocycles. The molecule has 5 N–H and O–H groups in total. The number of ether oxygens (including phenoxy) is 3. The summed E-state index contributed by atoms with van der Waals surface area (Å²) < 4.78 is 16.0. The van der Waals surface area contributed by atoms with Crippen LogP contribution in [0.1, 0.15) is 5.56 Å². The molecule has 1 aliphatic heterocycles. The lowest BCUT2D eigenvalue weighted by molar-refractivity contribution is 0.324. The lowest BCUT2D eigenvalue weighted by atomic mass is 10.0. The summed E-state index contributed by atoms with van der Waals surface area (Å²) >= 11 is 0. The molecule has 0 amide bonds. The minimum atomic E-state index is -0.492. The minimum Gasteiger partial charge on any atom is -0.493 e. The van der Waals surface area contributed by atoms with E-state index in [9.17, 15) is 0 Å². The maximum absolute atomic E-state index is 5.89. The number of nitrogens with two attached hydrogens (primary N) is 2. The van der Waals surface area contributed by atoms with Gasteiger partial charge in [-0.2, -0.15) is 0 Å². The van der Waals surface area contributed by atoms with Crippen molar-refractivity contribution in [3.63, 3.8) is 0 Å². The molecule has 1 aliphatic rings. The van der Waals surface area contributed by atoms with Crippen molar-refractivity contribution in [2.45, 2.75) is 12.7 Å². The maximum atomic E-state index is 5.89. The van der Waals surface area contributed by atoms with E-state index >= 15 is 0 Å². The zero-order valence-corrected chi connectivity index (χ0v) is 12.3. The van der Waals surface area contributed by atoms with E-state index in [1.54, 1.807) is 27.5 Å². The van der Waals surface area contributed by atoms with Gasteiger partial charge < -0.3 is 25.3 Å². The van der Waals surface area contributed by atoms with Gasteiger partial charge in [-0.25, -0.2) is 4.99 Å². The van der Waals surface area contributed by atoms with Gasteiger partial charge >= 0.3 is 0 Å². The number of hydrogen-bond acceptors (Lipinski definition) is 7. The predicted molar refractivity (Wildman–Crippen MR) is 80.6 cm³/mol. The summed E-state index contributed by atoms with van der Waals surface area (Å²) in [6.07, 6.45) is 1.86. The highest BCUT2D eigenvalue weighted by Gasteiger charge is 2.16. The third kappa shape index (κ3) is 3.19. The highest BCUT2D eigenvalue weighted by molar-refractivity contribution is 5.97. The standard InChI is InChI=1S/C14H20N4O3/c1-19-10-5-8(6-11(20-2)12(10)21-3)4-9-7-17-14(16)18-13(9)15/h5-7,14,17H,4,16H2,1-3H3,(H2,15,18). The maximum Gasteiger partial charge on any atom is 0.203 e. The normalized spacial score (nSPS) is 17.4. The molecule has 7 nitrogen and oxygen atoms in total. The van der Waals surface area contributed by atoms with Gasteiger partial charge in [-0.3, -0.25) is 5.73 Å². The number of hydrogen-bond donors (Lipinski definition) is 3. The van der Waals surface area contributed by atoms with E-state index in [4.69, 9.17) is 25.7 Å². The first-order valence-corrected chi connectivity index (χ1v) is 6.42. The molecule has 0 spiro atoms. The highest BCUT2D eigenvalue weighted by Crippen LogP contribution is 2.38. The van der Waals surface area contributed by atoms with Gasteiger partial charge in [-0.15, -0.1) is 0 Å². The number of methoxy groups -OCH3 is 3. The Morgan fingerprint density at radius 2 is 1.76 bits per heavy atom. The minimum absolute atomic E-state index is 0.426.